The smallest absolute Gasteiger partial charge is 0.255 e. The van der Waals surface area contributed by atoms with Crippen LogP contribution >= 0.6 is 11.8 Å². The molecule has 2 aliphatic rings. The van der Waals surface area contributed by atoms with Crippen LogP contribution in [0.3, 0.4) is 0 Å². The molecule has 3 rings (SSSR count). The summed E-state index contributed by atoms with van der Waals surface area (Å²) in [5.74, 6) is 0.707. The largest absolute Gasteiger partial charge is 0.489 e. The maximum absolute atomic E-state index is 12.9. The van der Waals surface area contributed by atoms with Crippen LogP contribution in [0, 0.1) is 0 Å². The maximum Gasteiger partial charge on any atom is 0.255 e. The number of hydrogen-bond acceptors (Lipinski definition) is 5. The number of nitrogens with zero attached hydrogens (tertiary/aromatic N) is 2. The number of likely N-dealkylation sites (tertiary alicyclic amines) is 1. The molecule has 0 spiro atoms. The van der Waals surface area contributed by atoms with Gasteiger partial charge < -0.3 is 15.0 Å². The Morgan fingerprint density at radius 3 is 3.00 bits per heavy atom. The van der Waals surface area contributed by atoms with E-state index in [1.165, 1.54) is 25.7 Å². The number of amides is 1. The van der Waals surface area contributed by atoms with Crippen molar-refractivity contribution in [3.63, 3.8) is 0 Å². The highest BCUT2D eigenvalue weighted by molar-refractivity contribution is 7.98. The van der Waals surface area contributed by atoms with Crippen molar-refractivity contribution in [1.29, 1.82) is 0 Å². The lowest BCUT2D eigenvalue weighted by Gasteiger charge is -2.30. The fourth-order valence-corrected chi connectivity index (χ4v) is 4.27. The van der Waals surface area contributed by atoms with E-state index in [9.17, 15) is 4.79 Å². The molecule has 1 aromatic rings. The highest BCUT2D eigenvalue weighted by atomic mass is 32.2. The second kappa shape index (κ2) is 9.00. The van der Waals surface area contributed by atoms with Crippen LogP contribution in [0.25, 0.3) is 0 Å². The van der Waals surface area contributed by atoms with Crippen molar-refractivity contribution in [1.82, 2.24) is 10.2 Å². The number of fused-ring (bicyclic) bond motifs is 1. The molecule has 0 bridgehead atoms. The molecule has 0 aromatic heterocycles. The fourth-order valence-electron chi connectivity index (χ4n) is 3.80. The summed E-state index contributed by atoms with van der Waals surface area (Å²) >= 11 is 1.66. The van der Waals surface area contributed by atoms with Crippen molar-refractivity contribution >= 4 is 23.4 Å². The van der Waals surface area contributed by atoms with Gasteiger partial charge in [-0.05, 0) is 50.7 Å². The zero-order valence-corrected chi connectivity index (χ0v) is 17.0. The van der Waals surface area contributed by atoms with E-state index in [1.54, 1.807) is 11.8 Å². The standard InChI is InChI=1S/C20H31N3O2S/c1-4-5-8-23-9-6-7-15(23)14-21-20(24)17-12-16(26-3)13-18-19(17)25-11-10-22(18)2/h12-13,15H,4-11,14H2,1-3H3,(H,21,24). The van der Waals surface area contributed by atoms with Crippen molar-refractivity contribution < 1.29 is 9.53 Å². The normalized spacial score (nSPS) is 20.0. The topological polar surface area (TPSA) is 44.8 Å². The highest BCUT2D eigenvalue weighted by Crippen LogP contribution is 2.38. The molecule has 1 fully saturated rings. The van der Waals surface area contributed by atoms with Crippen LogP contribution in [0.5, 0.6) is 5.75 Å². The number of benzene rings is 1. The number of thioether (sulfide) groups is 1. The molecular formula is C20H31N3O2S. The predicted octanol–water partition coefficient (Wildman–Crippen LogP) is 3.23. The molecule has 1 saturated heterocycles. The van der Waals surface area contributed by atoms with E-state index in [0.29, 0.717) is 18.2 Å². The number of nitrogens with one attached hydrogen (secondary N) is 1. The molecule has 1 N–H and O–H groups in total. The lowest BCUT2D eigenvalue weighted by molar-refractivity contribution is 0.0936. The van der Waals surface area contributed by atoms with Crippen molar-refractivity contribution in [2.24, 2.45) is 0 Å². The average Bonchev–Trinajstić information content (AvgIpc) is 3.11. The third-order valence-electron chi connectivity index (χ3n) is 5.40. The first-order chi connectivity index (χ1) is 12.6. The van der Waals surface area contributed by atoms with Crippen LogP contribution in [0.4, 0.5) is 5.69 Å². The monoisotopic (exact) mass is 377 g/mol. The quantitative estimate of drug-likeness (QED) is 0.739. The molecule has 0 radical (unpaired) electrons. The van der Waals surface area contributed by atoms with Gasteiger partial charge in [-0.1, -0.05) is 13.3 Å². The predicted molar refractivity (Wildman–Crippen MR) is 109 cm³/mol. The number of carbonyl (C=O) groups is 1. The minimum Gasteiger partial charge on any atom is -0.489 e. The van der Waals surface area contributed by atoms with E-state index in [-0.39, 0.29) is 5.91 Å². The summed E-state index contributed by atoms with van der Waals surface area (Å²) in [7, 11) is 2.05. The molecule has 2 aliphatic heterocycles. The molecule has 1 atom stereocenters. The number of likely N-dealkylation sites (N-methyl/N-ethyl adjacent to an activating group) is 1. The second-order valence-corrected chi connectivity index (χ2v) is 8.07. The third kappa shape index (κ3) is 4.29. The van der Waals surface area contributed by atoms with Crippen molar-refractivity contribution in [3.8, 4) is 5.75 Å². The minimum absolute atomic E-state index is 0.0187. The summed E-state index contributed by atoms with van der Waals surface area (Å²) in [6.07, 6.45) is 6.89. The van der Waals surface area contributed by atoms with E-state index in [0.717, 1.165) is 42.5 Å². The van der Waals surface area contributed by atoms with Crippen molar-refractivity contribution in [3.05, 3.63) is 17.7 Å². The average molecular weight is 378 g/mol. The zero-order chi connectivity index (χ0) is 18.5. The number of hydrogen-bond donors (Lipinski definition) is 1. The Kier molecular flexibility index (Phi) is 6.70. The van der Waals surface area contributed by atoms with E-state index >= 15 is 0 Å². The molecule has 144 valence electrons. The van der Waals surface area contributed by atoms with Gasteiger partial charge in [-0.15, -0.1) is 11.8 Å². The van der Waals surface area contributed by atoms with Crippen LogP contribution in [0.15, 0.2) is 17.0 Å². The molecule has 1 amide bonds. The number of rotatable bonds is 7. The third-order valence-corrected chi connectivity index (χ3v) is 6.11. The number of unbranched alkanes of at least 4 members (excludes halogenated alkanes) is 1. The molecule has 1 aromatic carbocycles. The van der Waals surface area contributed by atoms with E-state index in [2.05, 4.69) is 35.2 Å². The van der Waals surface area contributed by atoms with Gasteiger partial charge >= 0.3 is 0 Å². The Morgan fingerprint density at radius 2 is 2.23 bits per heavy atom. The van der Waals surface area contributed by atoms with Crippen LogP contribution in [-0.2, 0) is 0 Å². The Hall–Kier alpha value is -1.40. The number of anilines is 1. The van der Waals surface area contributed by atoms with Gasteiger partial charge in [0, 0.05) is 24.5 Å². The summed E-state index contributed by atoms with van der Waals surface area (Å²) in [4.78, 5) is 18.7. The van der Waals surface area contributed by atoms with Gasteiger partial charge in [0.1, 0.15) is 6.61 Å². The summed E-state index contributed by atoms with van der Waals surface area (Å²) in [5.41, 5.74) is 1.68. The van der Waals surface area contributed by atoms with Gasteiger partial charge in [-0.25, -0.2) is 0 Å². The molecular weight excluding hydrogens is 346 g/mol. The van der Waals surface area contributed by atoms with Gasteiger partial charge in [-0.3, -0.25) is 9.69 Å². The number of carbonyl (C=O) groups excluding carboxylic acids is 1. The lowest BCUT2D eigenvalue weighted by atomic mass is 10.1. The summed E-state index contributed by atoms with van der Waals surface area (Å²) in [6.45, 7) is 6.71. The van der Waals surface area contributed by atoms with Crippen LogP contribution in [0.1, 0.15) is 43.0 Å². The molecule has 2 heterocycles. The van der Waals surface area contributed by atoms with Gasteiger partial charge in [0.25, 0.3) is 5.91 Å². The fraction of sp³-hybridized carbons (Fsp3) is 0.650. The second-order valence-electron chi connectivity index (χ2n) is 7.19. The Balaban J connectivity index is 1.70. The molecule has 26 heavy (non-hydrogen) atoms. The van der Waals surface area contributed by atoms with Gasteiger partial charge in [0.15, 0.2) is 5.75 Å². The summed E-state index contributed by atoms with van der Waals surface area (Å²) in [5, 5.41) is 3.18. The highest BCUT2D eigenvalue weighted by Gasteiger charge is 2.27. The summed E-state index contributed by atoms with van der Waals surface area (Å²) in [6, 6.07) is 4.54. The molecule has 0 saturated carbocycles. The van der Waals surface area contributed by atoms with Crippen LogP contribution in [-0.4, -0.2) is 62.9 Å². The number of ether oxygens (including phenoxy) is 1. The van der Waals surface area contributed by atoms with E-state index in [4.69, 9.17) is 4.74 Å². The van der Waals surface area contributed by atoms with Crippen molar-refractivity contribution in [2.75, 3.05) is 51.0 Å². The molecule has 0 aliphatic carbocycles. The van der Waals surface area contributed by atoms with Gasteiger partial charge in [0.05, 0.1) is 17.8 Å². The first kappa shape index (κ1) is 19.4. The molecule has 1 unspecified atom stereocenters. The SMILES string of the molecule is CCCCN1CCCC1CNC(=O)c1cc(SC)cc2c1OCCN2C. The minimum atomic E-state index is -0.0187. The summed E-state index contributed by atoms with van der Waals surface area (Å²) < 4.78 is 5.87. The zero-order valence-electron chi connectivity index (χ0n) is 16.2. The van der Waals surface area contributed by atoms with Gasteiger partial charge in [-0.2, -0.15) is 0 Å². The van der Waals surface area contributed by atoms with E-state index < -0.39 is 0 Å². The first-order valence-electron chi connectivity index (χ1n) is 9.72. The van der Waals surface area contributed by atoms with Crippen LogP contribution in [0.2, 0.25) is 0 Å². The Bertz CT molecular complexity index is 638. The van der Waals surface area contributed by atoms with E-state index in [1.807, 2.05) is 12.3 Å². The Morgan fingerprint density at radius 1 is 1.38 bits per heavy atom. The van der Waals surface area contributed by atoms with Crippen LogP contribution < -0.4 is 15.0 Å². The lowest BCUT2D eigenvalue weighted by Crippen LogP contribution is -2.41. The molecule has 5 nitrogen and oxygen atoms in total. The molecule has 6 heteroatoms. The van der Waals surface area contributed by atoms with Crippen molar-refractivity contribution in [2.45, 2.75) is 43.5 Å². The van der Waals surface area contributed by atoms with Gasteiger partial charge in [0.2, 0.25) is 0 Å². The Labute approximate surface area is 161 Å². The first-order valence-corrected chi connectivity index (χ1v) is 10.9. The maximum atomic E-state index is 12.9.